The van der Waals surface area contributed by atoms with E-state index in [1.165, 1.54) is 0 Å². The molecule has 3 nitrogen and oxygen atoms in total. The van der Waals surface area contributed by atoms with E-state index in [0.29, 0.717) is 0 Å². The maximum Gasteiger partial charge on any atom is 0.318 e. The van der Waals surface area contributed by atoms with E-state index >= 15 is 0 Å². The average Bonchev–Trinajstić information content (AvgIpc) is 2.01. The second kappa shape index (κ2) is 4.62. The van der Waals surface area contributed by atoms with E-state index in [4.69, 9.17) is 11.5 Å². The second-order valence-corrected chi connectivity index (χ2v) is 3.51. The van der Waals surface area contributed by atoms with Crippen molar-refractivity contribution in [3.63, 3.8) is 0 Å². The number of ketones is 1. The van der Waals surface area contributed by atoms with E-state index in [-0.39, 0.29) is 12.3 Å². The van der Waals surface area contributed by atoms with Crippen LogP contribution >= 0.6 is 0 Å². The Labute approximate surface area is 76.5 Å². The smallest absolute Gasteiger partial charge is 0.318 e. The maximum atomic E-state index is 12.7. The summed E-state index contributed by atoms with van der Waals surface area (Å²) in [7, 11) is 0. The minimum absolute atomic E-state index is 0.118. The molecule has 0 saturated heterocycles. The van der Waals surface area contributed by atoms with Gasteiger partial charge in [0.05, 0.1) is 12.6 Å². The number of alkyl halides is 2. The van der Waals surface area contributed by atoms with Crippen molar-refractivity contribution in [1.29, 1.82) is 0 Å². The van der Waals surface area contributed by atoms with Crippen LogP contribution in [0.15, 0.2) is 0 Å². The molecule has 0 aromatic rings. The van der Waals surface area contributed by atoms with Gasteiger partial charge in [-0.25, -0.2) is 0 Å². The summed E-state index contributed by atoms with van der Waals surface area (Å²) in [4.78, 5) is 11.0. The predicted molar refractivity (Wildman–Crippen MR) is 46.4 cm³/mol. The molecule has 1 atom stereocenters. The van der Waals surface area contributed by atoms with E-state index in [9.17, 15) is 13.6 Å². The van der Waals surface area contributed by atoms with Gasteiger partial charge in [-0.1, -0.05) is 13.8 Å². The molecule has 0 amide bonds. The van der Waals surface area contributed by atoms with Crippen LogP contribution in [0.1, 0.15) is 20.3 Å². The largest absolute Gasteiger partial charge is 0.325 e. The number of hydrogen-bond acceptors (Lipinski definition) is 3. The Bertz CT molecular complexity index is 183. The lowest BCUT2D eigenvalue weighted by Gasteiger charge is -2.18. The van der Waals surface area contributed by atoms with Crippen LogP contribution in [0.25, 0.3) is 0 Å². The van der Waals surface area contributed by atoms with Crippen LogP contribution in [0.2, 0.25) is 0 Å². The van der Waals surface area contributed by atoms with Gasteiger partial charge >= 0.3 is 5.92 Å². The van der Waals surface area contributed by atoms with E-state index in [2.05, 4.69) is 0 Å². The van der Waals surface area contributed by atoms with Crippen LogP contribution in [0.3, 0.4) is 0 Å². The lowest BCUT2D eigenvalue weighted by atomic mass is 9.98. The minimum atomic E-state index is -3.48. The third-order valence-electron chi connectivity index (χ3n) is 1.68. The van der Waals surface area contributed by atoms with E-state index < -0.39 is 24.3 Å². The van der Waals surface area contributed by atoms with Crippen molar-refractivity contribution < 1.29 is 13.6 Å². The number of halogens is 2. The molecule has 0 saturated carbocycles. The lowest BCUT2D eigenvalue weighted by molar-refractivity contribution is -0.143. The van der Waals surface area contributed by atoms with Crippen LogP contribution in [0.5, 0.6) is 0 Å². The van der Waals surface area contributed by atoms with Gasteiger partial charge in [0.25, 0.3) is 0 Å². The van der Waals surface area contributed by atoms with Gasteiger partial charge in [0.1, 0.15) is 0 Å². The first-order valence-electron chi connectivity index (χ1n) is 4.19. The first-order valence-corrected chi connectivity index (χ1v) is 4.19. The van der Waals surface area contributed by atoms with Crippen LogP contribution in [-0.4, -0.2) is 24.3 Å². The van der Waals surface area contributed by atoms with Gasteiger partial charge in [0.15, 0.2) is 0 Å². The fourth-order valence-electron chi connectivity index (χ4n) is 0.987. The first-order chi connectivity index (χ1) is 5.81. The molecule has 13 heavy (non-hydrogen) atoms. The molecule has 78 valence electrons. The van der Waals surface area contributed by atoms with E-state index in [0.717, 1.165) is 0 Å². The number of carbonyl (C=O) groups is 1. The molecule has 4 N–H and O–H groups in total. The molecule has 0 radical (unpaired) electrons. The van der Waals surface area contributed by atoms with Crippen LogP contribution in [0, 0.1) is 5.92 Å². The SMILES string of the molecule is CC(C)CC(N)C(=O)C(F)(F)CN. The highest BCUT2D eigenvalue weighted by Crippen LogP contribution is 2.17. The topological polar surface area (TPSA) is 69.1 Å². The zero-order chi connectivity index (χ0) is 10.6. The lowest BCUT2D eigenvalue weighted by Crippen LogP contribution is -2.47. The van der Waals surface area contributed by atoms with Crippen molar-refractivity contribution in [2.24, 2.45) is 17.4 Å². The summed E-state index contributed by atoms with van der Waals surface area (Å²) in [5.41, 5.74) is 10.0. The van der Waals surface area contributed by atoms with Crippen molar-refractivity contribution in [1.82, 2.24) is 0 Å². The van der Waals surface area contributed by atoms with Gasteiger partial charge in [-0.15, -0.1) is 0 Å². The Morgan fingerprint density at radius 2 is 1.92 bits per heavy atom. The first kappa shape index (κ1) is 12.4. The highest BCUT2D eigenvalue weighted by Gasteiger charge is 2.40. The van der Waals surface area contributed by atoms with Crippen molar-refractivity contribution >= 4 is 5.78 Å². The van der Waals surface area contributed by atoms with Gasteiger partial charge in [0, 0.05) is 0 Å². The standard InChI is InChI=1S/C8H16F2N2O/c1-5(2)3-6(12)7(13)8(9,10)4-11/h5-6H,3-4,11-12H2,1-2H3. The Hall–Kier alpha value is -0.550. The highest BCUT2D eigenvalue weighted by molar-refractivity contribution is 5.90. The van der Waals surface area contributed by atoms with Crippen molar-refractivity contribution in [3.05, 3.63) is 0 Å². The zero-order valence-electron chi connectivity index (χ0n) is 7.89. The summed E-state index contributed by atoms with van der Waals surface area (Å²) in [6.45, 7) is 2.65. The summed E-state index contributed by atoms with van der Waals surface area (Å²) in [6.07, 6.45) is 0.258. The highest BCUT2D eigenvalue weighted by atomic mass is 19.3. The Morgan fingerprint density at radius 1 is 1.46 bits per heavy atom. The van der Waals surface area contributed by atoms with Crippen molar-refractivity contribution in [3.8, 4) is 0 Å². The third-order valence-corrected chi connectivity index (χ3v) is 1.68. The fourth-order valence-corrected chi connectivity index (χ4v) is 0.987. The molecule has 0 aliphatic carbocycles. The maximum absolute atomic E-state index is 12.7. The number of Topliss-reactive ketones (excluding diaryl/α,β-unsaturated/α-hetero) is 1. The van der Waals surface area contributed by atoms with Crippen molar-refractivity contribution in [2.75, 3.05) is 6.54 Å². The molecular weight excluding hydrogens is 178 g/mol. The average molecular weight is 194 g/mol. The normalized spacial score (nSPS) is 14.7. The summed E-state index contributed by atoms with van der Waals surface area (Å²) in [5.74, 6) is -4.62. The van der Waals surface area contributed by atoms with Crippen LogP contribution < -0.4 is 11.5 Å². The molecule has 0 aliphatic rings. The molecule has 0 heterocycles. The number of carbonyl (C=O) groups excluding carboxylic acids is 1. The van der Waals surface area contributed by atoms with Gasteiger partial charge in [-0.3, -0.25) is 4.79 Å². The molecule has 0 spiro atoms. The van der Waals surface area contributed by atoms with Gasteiger partial charge in [-0.05, 0) is 12.3 Å². The Balaban J connectivity index is 4.25. The van der Waals surface area contributed by atoms with Crippen LogP contribution in [-0.2, 0) is 4.79 Å². The molecule has 0 bridgehead atoms. The van der Waals surface area contributed by atoms with Gasteiger partial charge < -0.3 is 11.5 Å². The number of nitrogens with two attached hydrogens (primary N) is 2. The summed E-state index contributed by atoms with van der Waals surface area (Å²) >= 11 is 0. The molecule has 1 unspecified atom stereocenters. The van der Waals surface area contributed by atoms with Gasteiger partial charge in [-0.2, -0.15) is 8.78 Å². The monoisotopic (exact) mass is 194 g/mol. The zero-order valence-corrected chi connectivity index (χ0v) is 7.89. The van der Waals surface area contributed by atoms with E-state index in [1.54, 1.807) is 0 Å². The molecule has 0 fully saturated rings. The van der Waals surface area contributed by atoms with Gasteiger partial charge in [0.2, 0.25) is 5.78 Å². The molecular formula is C8H16F2N2O. The number of hydrogen-bond donors (Lipinski definition) is 2. The predicted octanol–water partition coefficient (Wildman–Crippen LogP) is 0.523. The summed E-state index contributed by atoms with van der Waals surface area (Å²) in [5, 5.41) is 0. The number of rotatable bonds is 5. The molecule has 5 heteroatoms. The van der Waals surface area contributed by atoms with E-state index in [1.807, 2.05) is 13.8 Å². The van der Waals surface area contributed by atoms with Crippen molar-refractivity contribution in [2.45, 2.75) is 32.2 Å². The Kier molecular flexibility index (Phi) is 4.43. The van der Waals surface area contributed by atoms with Crippen LogP contribution in [0.4, 0.5) is 8.78 Å². The summed E-state index contributed by atoms with van der Waals surface area (Å²) in [6, 6.07) is -1.11. The minimum Gasteiger partial charge on any atom is -0.325 e. The fraction of sp³-hybridized carbons (Fsp3) is 0.875. The Morgan fingerprint density at radius 3 is 2.23 bits per heavy atom. The molecule has 0 aromatic carbocycles. The quantitative estimate of drug-likeness (QED) is 0.670. The second-order valence-electron chi connectivity index (χ2n) is 3.51. The molecule has 0 aliphatic heterocycles. The summed E-state index contributed by atoms with van der Waals surface area (Å²) < 4.78 is 25.4. The molecule has 0 aromatic heterocycles. The molecule has 0 rings (SSSR count). The third kappa shape index (κ3) is 3.78.